The highest BCUT2D eigenvalue weighted by Gasteiger charge is 2.25. The van der Waals surface area contributed by atoms with E-state index in [0.29, 0.717) is 42.8 Å². The van der Waals surface area contributed by atoms with Gasteiger partial charge in [-0.15, -0.1) is 0 Å². The maximum atomic E-state index is 12.9. The van der Waals surface area contributed by atoms with Gasteiger partial charge in [-0.3, -0.25) is 9.36 Å². The van der Waals surface area contributed by atoms with Gasteiger partial charge < -0.3 is 19.5 Å². The number of rotatable bonds is 1. The standard InChI is InChI=1S/C19H26N4O4/c1-19(2,3)20-17(25)23-9-5-8-22(10-11-23)16(24)13-6-7-15-14(12-13)21(4)18(26)27-15/h6-7,12H,5,8-11H2,1-4H3,(H,20,25). The Bertz CT molecular complexity index is 922. The fourth-order valence-corrected chi connectivity index (χ4v) is 3.17. The molecule has 1 aliphatic heterocycles. The van der Waals surface area contributed by atoms with Crippen LogP contribution in [0.3, 0.4) is 0 Å². The molecule has 146 valence electrons. The lowest BCUT2D eigenvalue weighted by molar-refractivity contribution is 0.0762. The minimum Gasteiger partial charge on any atom is -0.408 e. The molecule has 3 rings (SSSR count). The van der Waals surface area contributed by atoms with Crippen LogP contribution in [0.15, 0.2) is 27.4 Å². The number of carbonyl (C=O) groups is 2. The van der Waals surface area contributed by atoms with Crippen molar-refractivity contribution in [3.63, 3.8) is 0 Å². The number of aryl methyl sites for hydroxylation is 1. The van der Waals surface area contributed by atoms with E-state index < -0.39 is 5.76 Å². The molecule has 8 heteroatoms. The highest BCUT2D eigenvalue weighted by atomic mass is 16.4. The fourth-order valence-electron chi connectivity index (χ4n) is 3.17. The summed E-state index contributed by atoms with van der Waals surface area (Å²) in [6, 6.07) is 4.89. The highest BCUT2D eigenvalue weighted by Crippen LogP contribution is 2.17. The van der Waals surface area contributed by atoms with Crippen molar-refractivity contribution in [2.24, 2.45) is 7.05 Å². The van der Waals surface area contributed by atoms with Crippen molar-refractivity contribution in [3.05, 3.63) is 34.3 Å². The zero-order chi connectivity index (χ0) is 19.8. The van der Waals surface area contributed by atoms with E-state index in [-0.39, 0.29) is 17.5 Å². The summed E-state index contributed by atoms with van der Waals surface area (Å²) in [5, 5.41) is 2.96. The van der Waals surface area contributed by atoms with Crippen LogP contribution in [0.1, 0.15) is 37.6 Å². The number of nitrogens with zero attached hydrogens (tertiary/aromatic N) is 3. The molecule has 1 N–H and O–H groups in total. The molecule has 3 amide bonds. The third kappa shape index (κ3) is 4.15. The van der Waals surface area contributed by atoms with Crippen LogP contribution in [0, 0.1) is 0 Å². The average Bonchev–Trinajstić information content (AvgIpc) is 2.78. The number of benzene rings is 1. The molecule has 0 saturated carbocycles. The smallest absolute Gasteiger partial charge is 0.408 e. The first-order chi connectivity index (χ1) is 12.7. The summed E-state index contributed by atoms with van der Waals surface area (Å²) in [5.41, 5.74) is 1.26. The summed E-state index contributed by atoms with van der Waals surface area (Å²) in [5.74, 6) is -0.562. The quantitative estimate of drug-likeness (QED) is 0.824. The summed E-state index contributed by atoms with van der Waals surface area (Å²) in [6.45, 7) is 7.98. The van der Waals surface area contributed by atoms with Crippen LogP contribution < -0.4 is 11.1 Å². The molecule has 0 unspecified atom stereocenters. The fraction of sp³-hybridized carbons (Fsp3) is 0.526. The Labute approximate surface area is 157 Å². The summed E-state index contributed by atoms with van der Waals surface area (Å²) < 4.78 is 6.49. The molecule has 2 aromatic rings. The van der Waals surface area contributed by atoms with E-state index in [1.807, 2.05) is 20.8 Å². The number of nitrogens with one attached hydrogen (secondary N) is 1. The van der Waals surface area contributed by atoms with E-state index in [1.165, 1.54) is 4.57 Å². The molecule has 0 radical (unpaired) electrons. The topological polar surface area (TPSA) is 87.8 Å². The van der Waals surface area contributed by atoms with Gasteiger partial charge in [0, 0.05) is 44.3 Å². The minimum absolute atomic E-state index is 0.105. The molecule has 1 aromatic carbocycles. The molecule has 0 spiro atoms. The molecule has 27 heavy (non-hydrogen) atoms. The predicted octanol–water partition coefficient (Wildman–Crippen LogP) is 1.79. The van der Waals surface area contributed by atoms with E-state index in [4.69, 9.17) is 4.42 Å². The average molecular weight is 374 g/mol. The molecule has 0 bridgehead atoms. The van der Waals surface area contributed by atoms with Gasteiger partial charge in [-0.1, -0.05) is 0 Å². The van der Waals surface area contributed by atoms with Gasteiger partial charge >= 0.3 is 11.8 Å². The number of aromatic nitrogens is 1. The van der Waals surface area contributed by atoms with Crippen LogP contribution in [-0.4, -0.2) is 58.0 Å². The van der Waals surface area contributed by atoms with Crippen molar-refractivity contribution in [1.82, 2.24) is 19.7 Å². The van der Waals surface area contributed by atoms with Crippen molar-refractivity contribution < 1.29 is 14.0 Å². The van der Waals surface area contributed by atoms with E-state index >= 15 is 0 Å². The first kappa shape index (κ1) is 19.0. The molecule has 0 aliphatic carbocycles. The van der Waals surface area contributed by atoms with E-state index in [0.717, 1.165) is 6.42 Å². The summed E-state index contributed by atoms with van der Waals surface area (Å²) in [4.78, 5) is 40.4. The van der Waals surface area contributed by atoms with Crippen LogP contribution >= 0.6 is 0 Å². The lowest BCUT2D eigenvalue weighted by atomic mass is 10.1. The monoisotopic (exact) mass is 374 g/mol. The zero-order valence-corrected chi connectivity index (χ0v) is 16.2. The lowest BCUT2D eigenvalue weighted by Crippen LogP contribution is -2.49. The number of carbonyl (C=O) groups excluding carboxylic acids is 2. The van der Waals surface area contributed by atoms with Gasteiger partial charge in [-0.05, 0) is 45.4 Å². The Morgan fingerprint density at radius 3 is 2.44 bits per heavy atom. The second kappa shape index (κ2) is 7.09. The Hall–Kier alpha value is -2.77. The second-order valence-electron chi connectivity index (χ2n) is 7.92. The molecule has 1 saturated heterocycles. The van der Waals surface area contributed by atoms with Gasteiger partial charge in [0.05, 0.1) is 5.52 Å². The van der Waals surface area contributed by atoms with Gasteiger partial charge in [-0.25, -0.2) is 9.59 Å². The van der Waals surface area contributed by atoms with Crippen LogP contribution in [0.2, 0.25) is 0 Å². The number of hydrogen-bond acceptors (Lipinski definition) is 4. The second-order valence-corrected chi connectivity index (χ2v) is 7.92. The molecular formula is C19H26N4O4. The summed E-state index contributed by atoms with van der Waals surface area (Å²) in [6.07, 6.45) is 0.718. The lowest BCUT2D eigenvalue weighted by Gasteiger charge is -2.27. The maximum absolute atomic E-state index is 12.9. The van der Waals surface area contributed by atoms with Crippen LogP contribution in [0.5, 0.6) is 0 Å². The Morgan fingerprint density at radius 2 is 1.74 bits per heavy atom. The maximum Gasteiger partial charge on any atom is 0.419 e. The summed E-state index contributed by atoms with van der Waals surface area (Å²) >= 11 is 0. The molecule has 1 aliphatic rings. The van der Waals surface area contributed by atoms with E-state index in [2.05, 4.69) is 5.32 Å². The van der Waals surface area contributed by atoms with Gasteiger partial charge in [0.15, 0.2) is 5.58 Å². The first-order valence-electron chi connectivity index (χ1n) is 9.12. The highest BCUT2D eigenvalue weighted by molar-refractivity contribution is 5.97. The van der Waals surface area contributed by atoms with E-state index in [1.54, 1.807) is 35.0 Å². The number of urea groups is 1. The predicted molar refractivity (Wildman–Crippen MR) is 102 cm³/mol. The normalized spacial score (nSPS) is 15.7. The largest absolute Gasteiger partial charge is 0.419 e. The van der Waals surface area contributed by atoms with Gasteiger partial charge in [0.1, 0.15) is 0 Å². The Balaban J connectivity index is 1.72. The third-order valence-corrected chi connectivity index (χ3v) is 4.59. The SMILES string of the molecule is Cn1c(=O)oc2ccc(C(=O)N3CCCN(C(=O)NC(C)(C)C)CC3)cc21. The Morgan fingerprint density at radius 1 is 1.07 bits per heavy atom. The van der Waals surface area contributed by atoms with Gasteiger partial charge in [0.2, 0.25) is 0 Å². The van der Waals surface area contributed by atoms with Crippen molar-refractivity contribution >= 4 is 23.0 Å². The Kier molecular flexibility index (Phi) is 4.99. The molecule has 0 atom stereocenters. The number of fused-ring (bicyclic) bond motifs is 1. The van der Waals surface area contributed by atoms with Crippen molar-refractivity contribution in [3.8, 4) is 0 Å². The van der Waals surface area contributed by atoms with Crippen LogP contribution in [0.25, 0.3) is 11.1 Å². The molecule has 1 fully saturated rings. The van der Waals surface area contributed by atoms with E-state index in [9.17, 15) is 14.4 Å². The van der Waals surface area contributed by atoms with Crippen molar-refractivity contribution in [1.29, 1.82) is 0 Å². The number of amides is 3. The molecular weight excluding hydrogens is 348 g/mol. The first-order valence-corrected chi connectivity index (χ1v) is 9.12. The number of hydrogen-bond donors (Lipinski definition) is 1. The van der Waals surface area contributed by atoms with Gasteiger partial charge in [0.25, 0.3) is 5.91 Å². The zero-order valence-electron chi connectivity index (χ0n) is 16.2. The minimum atomic E-state index is -0.454. The van der Waals surface area contributed by atoms with Crippen molar-refractivity contribution in [2.45, 2.75) is 32.7 Å². The van der Waals surface area contributed by atoms with Crippen LogP contribution in [-0.2, 0) is 7.05 Å². The van der Waals surface area contributed by atoms with Crippen molar-refractivity contribution in [2.75, 3.05) is 26.2 Å². The van der Waals surface area contributed by atoms with Gasteiger partial charge in [-0.2, -0.15) is 0 Å². The third-order valence-electron chi connectivity index (χ3n) is 4.59. The molecule has 2 heterocycles. The summed E-state index contributed by atoms with van der Waals surface area (Å²) in [7, 11) is 1.61. The molecule has 8 nitrogen and oxygen atoms in total. The number of oxazole rings is 1. The van der Waals surface area contributed by atoms with Crippen LogP contribution in [0.4, 0.5) is 4.79 Å². The molecule has 1 aromatic heterocycles.